The number of fused-ring (bicyclic) bond motifs is 1. The van der Waals surface area contributed by atoms with Gasteiger partial charge >= 0.3 is 5.97 Å². The number of unbranched alkanes of at least 4 members (excludes halogenated alkanes) is 1. The molecule has 0 saturated heterocycles. The first-order valence-corrected chi connectivity index (χ1v) is 12.6. The van der Waals surface area contributed by atoms with Crippen LogP contribution < -0.4 is 5.32 Å². The summed E-state index contributed by atoms with van der Waals surface area (Å²) in [6.07, 6.45) is 8.07. The standard InChI is InChI=1S/C27H34N4O6/c1-16(19-10-11-23(32)21(13-19)27(34,35)36)30-22(5-3-4-12-37-2)17-6-8-18(9-7-17)25-20-14-24(33)31-26(20)29-15-28-25/h10-11,13,15,17-18,32,34-36H,1,3-9,12,14H2,2H3,(H,28,29,31,33). The van der Waals surface area contributed by atoms with Crippen LogP contribution in [0.1, 0.15) is 73.2 Å². The molecule has 1 aromatic heterocycles. The number of phenolic OH excluding ortho intramolecular Hbond substituents is 1. The molecule has 4 rings (SSSR count). The van der Waals surface area contributed by atoms with Gasteiger partial charge in [-0.25, -0.2) is 9.97 Å². The van der Waals surface area contributed by atoms with E-state index in [1.165, 1.54) is 18.5 Å². The fourth-order valence-corrected chi connectivity index (χ4v) is 5.22. The summed E-state index contributed by atoms with van der Waals surface area (Å²) >= 11 is 0. The summed E-state index contributed by atoms with van der Waals surface area (Å²) < 4.78 is 5.19. The number of benzene rings is 1. The van der Waals surface area contributed by atoms with Crippen molar-refractivity contribution in [2.24, 2.45) is 10.9 Å². The number of ether oxygens (including phenoxy) is 1. The summed E-state index contributed by atoms with van der Waals surface area (Å²) in [5, 5.41) is 41.4. The van der Waals surface area contributed by atoms with Crippen LogP contribution in [-0.2, 0) is 21.9 Å². The van der Waals surface area contributed by atoms with Crippen molar-refractivity contribution in [3.63, 3.8) is 0 Å². The minimum Gasteiger partial charge on any atom is -0.507 e. The number of carbonyl (C=O) groups excluding carboxylic acids is 1. The zero-order valence-corrected chi connectivity index (χ0v) is 21.0. The van der Waals surface area contributed by atoms with Gasteiger partial charge in [0.1, 0.15) is 17.9 Å². The molecular formula is C27H34N4O6. The molecular weight excluding hydrogens is 476 g/mol. The Kier molecular flexibility index (Phi) is 8.33. The highest BCUT2D eigenvalue weighted by molar-refractivity contribution is 5.98. The maximum absolute atomic E-state index is 11.9. The van der Waals surface area contributed by atoms with E-state index >= 15 is 0 Å². The van der Waals surface area contributed by atoms with Gasteiger partial charge in [-0.3, -0.25) is 9.79 Å². The molecule has 1 fully saturated rings. The zero-order chi connectivity index (χ0) is 26.6. The molecule has 5 N–H and O–H groups in total. The first-order valence-electron chi connectivity index (χ1n) is 12.6. The Labute approximate surface area is 215 Å². The van der Waals surface area contributed by atoms with Crippen LogP contribution in [0.25, 0.3) is 5.70 Å². The third-order valence-electron chi connectivity index (χ3n) is 7.16. The van der Waals surface area contributed by atoms with E-state index in [0.717, 1.165) is 61.9 Å². The van der Waals surface area contributed by atoms with E-state index in [2.05, 4.69) is 21.9 Å². The number of nitrogens with zero attached hydrogens (tertiary/aromatic N) is 3. The lowest BCUT2D eigenvalue weighted by Crippen LogP contribution is -2.24. The molecule has 10 heteroatoms. The number of hydrogen-bond donors (Lipinski definition) is 5. The highest BCUT2D eigenvalue weighted by Gasteiger charge is 2.32. The van der Waals surface area contributed by atoms with E-state index in [4.69, 9.17) is 9.73 Å². The molecule has 1 aliphatic carbocycles. The summed E-state index contributed by atoms with van der Waals surface area (Å²) in [4.78, 5) is 25.5. The molecule has 1 aromatic carbocycles. The molecule has 0 radical (unpaired) electrons. The second-order valence-electron chi connectivity index (χ2n) is 9.73. The largest absolute Gasteiger partial charge is 0.507 e. The van der Waals surface area contributed by atoms with Gasteiger partial charge in [0.05, 0.1) is 23.4 Å². The Balaban J connectivity index is 1.51. The predicted molar refractivity (Wildman–Crippen MR) is 138 cm³/mol. The van der Waals surface area contributed by atoms with E-state index in [-0.39, 0.29) is 17.7 Å². The molecule has 10 nitrogen and oxygen atoms in total. The molecule has 0 unspecified atom stereocenters. The van der Waals surface area contributed by atoms with E-state index in [1.54, 1.807) is 13.2 Å². The van der Waals surface area contributed by atoms with Gasteiger partial charge in [0, 0.05) is 36.5 Å². The molecule has 37 heavy (non-hydrogen) atoms. The van der Waals surface area contributed by atoms with Gasteiger partial charge in [-0.1, -0.05) is 6.58 Å². The molecule has 1 saturated carbocycles. The van der Waals surface area contributed by atoms with Crippen LogP contribution in [0.4, 0.5) is 5.82 Å². The number of aromatic nitrogens is 2. The summed E-state index contributed by atoms with van der Waals surface area (Å²) in [7, 11) is 1.68. The van der Waals surface area contributed by atoms with Crippen LogP contribution in [0, 0.1) is 5.92 Å². The summed E-state index contributed by atoms with van der Waals surface area (Å²) in [6, 6.07) is 4.11. The number of rotatable bonds is 10. The normalized spacial score (nSPS) is 20.0. The Morgan fingerprint density at radius 3 is 2.65 bits per heavy atom. The number of aromatic hydroxyl groups is 1. The molecule has 2 heterocycles. The fourth-order valence-electron chi connectivity index (χ4n) is 5.22. The van der Waals surface area contributed by atoms with Crippen molar-refractivity contribution in [1.29, 1.82) is 0 Å². The van der Waals surface area contributed by atoms with E-state index in [1.807, 2.05) is 0 Å². The van der Waals surface area contributed by atoms with Crippen molar-refractivity contribution >= 4 is 23.1 Å². The maximum Gasteiger partial charge on any atom is 0.308 e. The zero-order valence-electron chi connectivity index (χ0n) is 21.0. The molecule has 2 aromatic rings. The third kappa shape index (κ3) is 6.40. The number of amides is 1. The van der Waals surface area contributed by atoms with Crippen molar-refractivity contribution in [2.75, 3.05) is 19.0 Å². The molecule has 0 spiro atoms. The number of hydrogen-bond acceptors (Lipinski definition) is 9. The van der Waals surface area contributed by atoms with Gasteiger partial charge in [0.2, 0.25) is 5.91 Å². The molecule has 0 atom stereocenters. The number of nitrogens with one attached hydrogen (secondary N) is 1. The number of methoxy groups -OCH3 is 1. The van der Waals surface area contributed by atoms with Gasteiger partial charge in [0.25, 0.3) is 0 Å². The lowest BCUT2D eigenvalue weighted by Gasteiger charge is -2.30. The average Bonchev–Trinajstić information content (AvgIpc) is 3.25. The quantitative estimate of drug-likeness (QED) is 0.185. The number of anilines is 1. The Morgan fingerprint density at radius 1 is 1.19 bits per heavy atom. The predicted octanol–water partition coefficient (Wildman–Crippen LogP) is 2.97. The number of phenols is 1. The van der Waals surface area contributed by atoms with Crippen molar-refractivity contribution in [1.82, 2.24) is 9.97 Å². The molecule has 0 bridgehead atoms. The summed E-state index contributed by atoms with van der Waals surface area (Å²) in [5.74, 6) is -2.54. The van der Waals surface area contributed by atoms with Crippen LogP contribution in [-0.4, -0.2) is 55.7 Å². The van der Waals surface area contributed by atoms with E-state index < -0.39 is 17.3 Å². The highest BCUT2D eigenvalue weighted by atomic mass is 16.7. The van der Waals surface area contributed by atoms with Gasteiger partial charge in [-0.2, -0.15) is 0 Å². The average molecular weight is 511 g/mol. The smallest absolute Gasteiger partial charge is 0.308 e. The number of aliphatic hydroxyl groups is 3. The first-order chi connectivity index (χ1) is 17.7. The van der Waals surface area contributed by atoms with Crippen molar-refractivity contribution < 1.29 is 30.0 Å². The Hall–Kier alpha value is -3.18. The van der Waals surface area contributed by atoms with Crippen LogP contribution in [0.15, 0.2) is 36.1 Å². The molecule has 1 aliphatic heterocycles. The number of carbonyl (C=O) groups is 1. The van der Waals surface area contributed by atoms with Gasteiger partial charge in [-0.05, 0) is 69.1 Å². The lowest BCUT2D eigenvalue weighted by atomic mass is 9.76. The van der Waals surface area contributed by atoms with E-state index in [0.29, 0.717) is 30.1 Å². The van der Waals surface area contributed by atoms with Crippen LogP contribution in [0.3, 0.4) is 0 Å². The van der Waals surface area contributed by atoms with Crippen LogP contribution in [0.2, 0.25) is 0 Å². The van der Waals surface area contributed by atoms with Gasteiger partial charge in [-0.15, -0.1) is 0 Å². The fraction of sp³-hybridized carbons (Fsp3) is 0.481. The van der Waals surface area contributed by atoms with Gasteiger partial charge < -0.3 is 30.5 Å². The highest BCUT2D eigenvalue weighted by Crippen LogP contribution is 2.40. The van der Waals surface area contributed by atoms with Crippen molar-refractivity contribution in [3.8, 4) is 5.75 Å². The Bertz CT molecular complexity index is 1180. The maximum atomic E-state index is 11.9. The van der Waals surface area contributed by atoms with Crippen molar-refractivity contribution in [3.05, 3.63) is 53.5 Å². The summed E-state index contributed by atoms with van der Waals surface area (Å²) in [6.45, 7) is 4.74. The summed E-state index contributed by atoms with van der Waals surface area (Å²) in [5.41, 5.74) is 3.32. The van der Waals surface area contributed by atoms with Crippen LogP contribution in [0.5, 0.6) is 5.75 Å². The molecule has 1 amide bonds. The molecule has 198 valence electrons. The third-order valence-corrected chi connectivity index (χ3v) is 7.16. The minimum atomic E-state index is -3.17. The van der Waals surface area contributed by atoms with E-state index in [9.17, 15) is 25.2 Å². The molecule has 2 aliphatic rings. The SMILES string of the molecule is C=C(N=C(CCCCOC)C1CCC(c2ncnc3c2CC(=O)N3)CC1)c1ccc(O)c(C(O)(O)O)c1. The second kappa shape index (κ2) is 11.5. The van der Waals surface area contributed by atoms with Crippen molar-refractivity contribution in [2.45, 2.75) is 63.3 Å². The Morgan fingerprint density at radius 2 is 1.95 bits per heavy atom. The second-order valence-corrected chi connectivity index (χ2v) is 9.73. The lowest BCUT2D eigenvalue weighted by molar-refractivity contribution is -0.324. The van der Waals surface area contributed by atoms with Gasteiger partial charge in [0.15, 0.2) is 0 Å². The number of aliphatic imine (C=N–C) groups is 1. The topological polar surface area (TPSA) is 157 Å². The minimum absolute atomic E-state index is 0.0485. The monoisotopic (exact) mass is 510 g/mol. The van der Waals surface area contributed by atoms with Crippen LogP contribution >= 0.6 is 0 Å². The first kappa shape index (κ1) is 26.9.